The summed E-state index contributed by atoms with van der Waals surface area (Å²) in [4.78, 5) is 5.10. The predicted molar refractivity (Wildman–Crippen MR) is 173 cm³/mol. The van der Waals surface area contributed by atoms with E-state index in [1.807, 2.05) is 42.1 Å². The van der Waals surface area contributed by atoms with Gasteiger partial charge in [0.15, 0.2) is 0 Å². The molecule has 1 aliphatic carbocycles. The van der Waals surface area contributed by atoms with Gasteiger partial charge in [0.1, 0.15) is 11.5 Å². The van der Waals surface area contributed by atoms with E-state index in [1.165, 1.54) is 27.8 Å². The molecule has 0 unspecified atom stereocenters. The lowest BCUT2D eigenvalue weighted by molar-refractivity contribution is 0.480. The molecule has 0 amide bonds. The van der Waals surface area contributed by atoms with Gasteiger partial charge >= 0.3 is 0 Å². The van der Waals surface area contributed by atoms with Crippen molar-refractivity contribution < 1.29 is 4.74 Å². The van der Waals surface area contributed by atoms with Crippen LogP contribution in [0, 0.1) is 13.8 Å². The topological polar surface area (TPSA) is 39.9 Å². The molecule has 0 saturated carbocycles. The maximum Gasteiger partial charge on any atom is 0.129 e. The fourth-order valence-corrected chi connectivity index (χ4v) is 6.57. The molecule has 0 atom stereocenters. The molecule has 0 radical (unpaired) electrons. The molecule has 0 N–H and O–H groups in total. The smallest absolute Gasteiger partial charge is 0.129 e. The van der Waals surface area contributed by atoms with Crippen molar-refractivity contribution in [1.82, 2.24) is 14.8 Å². The van der Waals surface area contributed by atoms with Crippen molar-refractivity contribution in [3.63, 3.8) is 0 Å². The minimum absolute atomic E-state index is 0.0159. The molecule has 0 bridgehead atoms. The lowest BCUT2D eigenvalue weighted by Gasteiger charge is -2.34. The van der Waals surface area contributed by atoms with Crippen LogP contribution in [-0.2, 0) is 10.8 Å². The zero-order valence-electron chi connectivity index (χ0n) is 25.3. The summed E-state index contributed by atoms with van der Waals surface area (Å²) >= 11 is 0. The van der Waals surface area contributed by atoms with Gasteiger partial charge in [0.25, 0.3) is 0 Å². The third kappa shape index (κ3) is 4.45. The average molecular weight is 562 g/mol. The number of fused-ring (bicyclic) bond motifs is 3. The Labute approximate surface area is 253 Å². The first-order valence-electron chi connectivity index (χ1n) is 14.8. The van der Waals surface area contributed by atoms with Crippen LogP contribution in [0.15, 0.2) is 121 Å². The highest BCUT2D eigenvalue weighted by Gasteiger charge is 2.47. The molecule has 2 aromatic heterocycles. The van der Waals surface area contributed by atoms with Crippen LogP contribution >= 0.6 is 0 Å². The zero-order chi connectivity index (χ0) is 29.8. The summed E-state index contributed by atoms with van der Waals surface area (Å²) in [5.74, 6) is 1.53. The Kier molecular flexibility index (Phi) is 6.32. The van der Waals surface area contributed by atoms with Gasteiger partial charge in [-0.25, -0.2) is 4.68 Å². The summed E-state index contributed by atoms with van der Waals surface area (Å²) in [6.45, 7) is 10.8. The van der Waals surface area contributed by atoms with E-state index in [2.05, 4.69) is 124 Å². The molecule has 7 rings (SSSR count). The molecule has 0 spiro atoms. The average Bonchev–Trinajstić information content (AvgIpc) is 3.51. The highest BCUT2D eigenvalue weighted by Crippen LogP contribution is 2.56. The Hall–Kier alpha value is -4.96. The molecule has 2 heterocycles. The highest BCUT2D eigenvalue weighted by molar-refractivity contribution is 5.85. The molecule has 6 aromatic rings. The van der Waals surface area contributed by atoms with Crippen LogP contribution in [0.2, 0.25) is 0 Å². The Balaban J connectivity index is 1.40. The summed E-state index contributed by atoms with van der Waals surface area (Å²) in [5.41, 5.74) is 10.8. The van der Waals surface area contributed by atoms with Crippen LogP contribution in [0.25, 0.3) is 16.8 Å². The van der Waals surface area contributed by atoms with E-state index in [4.69, 9.17) is 9.72 Å². The molecule has 212 valence electrons. The number of rotatable bonds is 5. The summed E-state index contributed by atoms with van der Waals surface area (Å²) < 4.78 is 8.51. The first-order valence-corrected chi connectivity index (χ1v) is 14.8. The van der Waals surface area contributed by atoms with Crippen LogP contribution in [0.5, 0.6) is 11.5 Å². The van der Waals surface area contributed by atoms with Crippen LogP contribution in [0.4, 0.5) is 0 Å². The minimum Gasteiger partial charge on any atom is -0.457 e. The third-order valence-electron chi connectivity index (χ3n) is 8.54. The molecule has 43 heavy (non-hydrogen) atoms. The molecule has 4 heteroatoms. The molecule has 0 fully saturated rings. The van der Waals surface area contributed by atoms with Gasteiger partial charge in [0, 0.05) is 18.0 Å². The Bertz CT molecular complexity index is 1930. The quantitative estimate of drug-likeness (QED) is 0.210. The van der Waals surface area contributed by atoms with Crippen molar-refractivity contribution in [2.24, 2.45) is 0 Å². The first kappa shape index (κ1) is 26.9. The molecular formula is C39H35N3O. The summed E-state index contributed by atoms with van der Waals surface area (Å²) in [6.07, 6.45) is 1.96. The molecule has 0 aliphatic heterocycles. The zero-order valence-corrected chi connectivity index (χ0v) is 25.3. The SMILES string of the molecule is Cc1cc(C)n(-c2cccc(Oc3cccc(C4(c5cc(C(C)(C)C)ccn5)c5ccccc5-c5ccccc54)c3)c2)n1. The largest absolute Gasteiger partial charge is 0.457 e. The maximum absolute atomic E-state index is 6.56. The van der Waals surface area contributed by atoms with Gasteiger partial charge in [-0.15, -0.1) is 0 Å². The van der Waals surface area contributed by atoms with Crippen LogP contribution < -0.4 is 4.74 Å². The van der Waals surface area contributed by atoms with Gasteiger partial charge in [-0.1, -0.05) is 87.5 Å². The Morgan fingerprint density at radius 3 is 1.98 bits per heavy atom. The molecule has 0 saturated heterocycles. The lowest BCUT2D eigenvalue weighted by atomic mass is 9.69. The van der Waals surface area contributed by atoms with Gasteiger partial charge in [0.05, 0.1) is 22.5 Å². The second-order valence-electron chi connectivity index (χ2n) is 12.5. The molecule has 1 aliphatic rings. The second-order valence-corrected chi connectivity index (χ2v) is 12.5. The van der Waals surface area contributed by atoms with E-state index in [-0.39, 0.29) is 5.41 Å². The van der Waals surface area contributed by atoms with Crippen LogP contribution in [0.3, 0.4) is 0 Å². The molecule has 4 aromatic carbocycles. The van der Waals surface area contributed by atoms with Gasteiger partial charge in [-0.05, 0) is 95.1 Å². The van der Waals surface area contributed by atoms with Crippen molar-refractivity contribution in [3.8, 4) is 28.3 Å². The third-order valence-corrected chi connectivity index (χ3v) is 8.54. The van der Waals surface area contributed by atoms with Crippen LogP contribution in [-0.4, -0.2) is 14.8 Å². The fraction of sp³-hybridized carbons (Fsp3) is 0.179. The first-order chi connectivity index (χ1) is 20.7. The normalized spacial score (nSPS) is 13.4. The van der Waals surface area contributed by atoms with Crippen molar-refractivity contribution in [2.45, 2.75) is 45.4 Å². The maximum atomic E-state index is 6.56. The van der Waals surface area contributed by atoms with E-state index >= 15 is 0 Å². The number of aryl methyl sites for hydroxylation is 2. The van der Waals surface area contributed by atoms with Crippen molar-refractivity contribution in [1.29, 1.82) is 0 Å². The minimum atomic E-state index is -0.598. The number of nitrogens with zero attached hydrogens (tertiary/aromatic N) is 3. The van der Waals surface area contributed by atoms with Gasteiger partial charge in [0.2, 0.25) is 0 Å². The van der Waals surface area contributed by atoms with E-state index in [0.29, 0.717) is 0 Å². The van der Waals surface area contributed by atoms with Crippen molar-refractivity contribution in [3.05, 3.63) is 161 Å². The summed E-state index contributed by atoms with van der Waals surface area (Å²) in [5, 5.41) is 4.66. The Morgan fingerprint density at radius 1 is 0.674 bits per heavy atom. The number of benzene rings is 4. The van der Waals surface area contributed by atoms with E-state index < -0.39 is 5.41 Å². The number of pyridine rings is 1. The Morgan fingerprint density at radius 2 is 1.33 bits per heavy atom. The monoisotopic (exact) mass is 561 g/mol. The number of hydrogen-bond acceptors (Lipinski definition) is 3. The lowest BCUT2D eigenvalue weighted by Crippen LogP contribution is -2.30. The predicted octanol–water partition coefficient (Wildman–Crippen LogP) is 9.34. The number of aromatic nitrogens is 3. The van der Waals surface area contributed by atoms with Gasteiger partial charge in [-0.3, -0.25) is 4.98 Å². The number of ether oxygens (including phenoxy) is 1. The summed E-state index contributed by atoms with van der Waals surface area (Å²) in [6, 6.07) is 40.6. The fourth-order valence-electron chi connectivity index (χ4n) is 6.57. The van der Waals surface area contributed by atoms with Gasteiger partial charge < -0.3 is 4.74 Å². The van der Waals surface area contributed by atoms with Crippen molar-refractivity contribution >= 4 is 0 Å². The van der Waals surface area contributed by atoms with Crippen molar-refractivity contribution in [2.75, 3.05) is 0 Å². The van der Waals surface area contributed by atoms with E-state index in [9.17, 15) is 0 Å². The highest BCUT2D eigenvalue weighted by atomic mass is 16.5. The molecule has 4 nitrogen and oxygen atoms in total. The van der Waals surface area contributed by atoms with E-state index in [0.717, 1.165) is 39.8 Å². The van der Waals surface area contributed by atoms with E-state index in [1.54, 1.807) is 0 Å². The number of hydrogen-bond donors (Lipinski definition) is 0. The summed E-state index contributed by atoms with van der Waals surface area (Å²) in [7, 11) is 0. The molecular weight excluding hydrogens is 526 g/mol. The van der Waals surface area contributed by atoms with Gasteiger partial charge in [-0.2, -0.15) is 5.10 Å². The van der Waals surface area contributed by atoms with Crippen LogP contribution in [0.1, 0.15) is 60.1 Å². The second kappa shape index (κ2) is 10.1. The standard InChI is InChI=1S/C39H35N3O/c1-26-22-27(2)42(41-26)30-13-11-15-32(25-30)43-31-14-10-12-29(23-31)39(37-24-28(20-21-40-37)38(3,4)5)35-18-8-6-16-33(35)34-17-7-9-19-36(34)39/h6-25H,1-5H3.